The van der Waals surface area contributed by atoms with Gasteiger partial charge in [0.25, 0.3) is 5.91 Å². The van der Waals surface area contributed by atoms with Crippen molar-refractivity contribution in [3.63, 3.8) is 0 Å². The molecule has 22 heavy (non-hydrogen) atoms. The van der Waals surface area contributed by atoms with Crippen LogP contribution in [0.4, 0.5) is 0 Å². The van der Waals surface area contributed by atoms with E-state index in [1.807, 2.05) is 26.0 Å². The Bertz CT molecular complexity index is 774. The first-order valence-electron chi connectivity index (χ1n) is 7.38. The van der Waals surface area contributed by atoms with E-state index in [4.69, 9.17) is 4.74 Å². The standard InChI is InChI=1S/C16H19N3O3/c1-10-8-19(9-11(2)22-10)16(21)14-15(20)12-6-4-5-7-13(12)18(3)17-14/h4-7,10-11H,8-9H2,1-3H3. The Morgan fingerprint density at radius 2 is 1.86 bits per heavy atom. The number of carbonyl (C=O) groups excluding carboxylic acids is 1. The Balaban J connectivity index is 2.05. The van der Waals surface area contributed by atoms with E-state index in [1.54, 1.807) is 28.8 Å². The average molecular weight is 301 g/mol. The molecule has 0 saturated carbocycles. The zero-order valence-electron chi connectivity index (χ0n) is 12.9. The largest absolute Gasteiger partial charge is 0.372 e. The van der Waals surface area contributed by atoms with Crippen LogP contribution >= 0.6 is 0 Å². The minimum absolute atomic E-state index is 0.0255. The maximum absolute atomic E-state index is 12.7. The number of aromatic nitrogens is 2. The minimum atomic E-state index is -0.326. The number of hydrogen-bond acceptors (Lipinski definition) is 4. The summed E-state index contributed by atoms with van der Waals surface area (Å²) in [6.07, 6.45) is -0.0889. The second kappa shape index (κ2) is 5.53. The predicted molar refractivity (Wildman–Crippen MR) is 82.9 cm³/mol. The van der Waals surface area contributed by atoms with Gasteiger partial charge in [-0.1, -0.05) is 12.1 Å². The number of hydrogen-bond donors (Lipinski definition) is 0. The van der Waals surface area contributed by atoms with Gasteiger partial charge in [-0.25, -0.2) is 0 Å². The summed E-state index contributed by atoms with van der Waals surface area (Å²) in [6.45, 7) is 4.78. The minimum Gasteiger partial charge on any atom is -0.372 e. The van der Waals surface area contributed by atoms with Crippen molar-refractivity contribution in [1.29, 1.82) is 0 Å². The van der Waals surface area contributed by atoms with Gasteiger partial charge in [0.15, 0.2) is 5.69 Å². The van der Waals surface area contributed by atoms with Gasteiger partial charge in [-0.05, 0) is 26.0 Å². The number of amides is 1. The van der Waals surface area contributed by atoms with E-state index in [-0.39, 0.29) is 29.2 Å². The molecule has 6 heteroatoms. The zero-order chi connectivity index (χ0) is 15.9. The lowest BCUT2D eigenvalue weighted by molar-refractivity contribution is -0.0588. The van der Waals surface area contributed by atoms with Crippen molar-refractivity contribution in [2.45, 2.75) is 26.1 Å². The molecule has 1 amide bonds. The number of carbonyl (C=O) groups is 1. The first kappa shape index (κ1) is 14.7. The molecule has 0 bridgehead atoms. The van der Waals surface area contributed by atoms with Crippen LogP contribution in [0.15, 0.2) is 29.1 Å². The Labute approximate surface area is 128 Å². The number of fused-ring (bicyclic) bond motifs is 1. The quantitative estimate of drug-likeness (QED) is 0.793. The lowest BCUT2D eigenvalue weighted by atomic mass is 10.1. The summed E-state index contributed by atoms with van der Waals surface area (Å²) < 4.78 is 7.21. The molecule has 1 aliphatic heterocycles. The van der Waals surface area contributed by atoms with Gasteiger partial charge < -0.3 is 9.64 Å². The number of aryl methyl sites for hydroxylation is 1. The summed E-state index contributed by atoms with van der Waals surface area (Å²) in [6, 6.07) is 7.17. The van der Waals surface area contributed by atoms with E-state index in [0.29, 0.717) is 24.0 Å². The van der Waals surface area contributed by atoms with Gasteiger partial charge in [-0.15, -0.1) is 0 Å². The lowest BCUT2D eigenvalue weighted by Crippen LogP contribution is -2.49. The summed E-state index contributed by atoms with van der Waals surface area (Å²) in [7, 11) is 1.74. The Hall–Kier alpha value is -2.21. The van der Waals surface area contributed by atoms with Crippen molar-refractivity contribution in [3.8, 4) is 0 Å². The molecule has 2 heterocycles. The van der Waals surface area contributed by atoms with Gasteiger partial charge in [0.1, 0.15) is 0 Å². The molecule has 1 fully saturated rings. The molecule has 116 valence electrons. The van der Waals surface area contributed by atoms with E-state index < -0.39 is 0 Å². The van der Waals surface area contributed by atoms with Crippen molar-refractivity contribution in [2.75, 3.05) is 13.1 Å². The molecule has 2 atom stereocenters. The number of ether oxygens (including phenoxy) is 1. The molecule has 0 N–H and O–H groups in total. The fourth-order valence-electron chi connectivity index (χ4n) is 2.96. The van der Waals surface area contributed by atoms with Gasteiger partial charge >= 0.3 is 0 Å². The third-order valence-corrected chi connectivity index (χ3v) is 3.87. The summed E-state index contributed by atoms with van der Waals surface area (Å²) in [5, 5.41) is 4.71. The van der Waals surface area contributed by atoms with Crippen LogP contribution in [0, 0.1) is 0 Å². The third-order valence-electron chi connectivity index (χ3n) is 3.87. The topological polar surface area (TPSA) is 64.4 Å². The molecule has 0 radical (unpaired) electrons. The highest BCUT2D eigenvalue weighted by atomic mass is 16.5. The molecule has 2 aromatic rings. The Kier molecular flexibility index (Phi) is 3.70. The van der Waals surface area contributed by atoms with Crippen LogP contribution in [0.5, 0.6) is 0 Å². The second-order valence-electron chi connectivity index (χ2n) is 5.79. The second-order valence-corrected chi connectivity index (χ2v) is 5.79. The predicted octanol–water partition coefficient (Wildman–Crippen LogP) is 1.18. The number of nitrogens with zero attached hydrogens (tertiary/aromatic N) is 3. The molecule has 3 rings (SSSR count). The smallest absolute Gasteiger partial charge is 0.278 e. The third kappa shape index (κ3) is 2.50. The van der Waals surface area contributed by atoms with E-state index >= 15 is 0 Å². The van der Waals surface area contributed by atoms with Crippen molar-refractivity contribution >= 4 is 16.8 Å². The summed E-state index contributed by atoms with van der Waals surface area (Å²) in [4.78, 5) is 26.9. The fourth-order valence-corrected chi connectivity index (χ4v) is 2.96. The molecular weight excluding hydrogens is 282 g/mol. The van der Waals surface area contributed by atoms with Gasteiger partial charge in [-0.2, -0.15) is 5.10 Å². The fraction of sp³-hybridized carbons (Fsp3) is 0.438. The van der Waals surface area contributed by atoms with Gasteiger partial charge in [-0.3, -0.25) is 14.3 Å². The van der Waals surface area contributed by atoms with E-state index in [1.165, 1.54) is 0 Å². The molecule has 1 saturated heterocycles. The average Bonchev–Trinajstić information content (AvgIpc) is 2.49. The van der Waals surface area contributed by atoms with E-state index in [0.717, 1.165) is 0 Å². The van der Waals surface area contributed by atoms with Gasteiger partial charge in [0, 0.05) is 25.5 Å². The maximum atomic E-state index is 12.7. The number of rotatable bonds is 1. The lowest BCUT2D eigenvalue weighted by Gasteiger charge is -2.35. The Morgan fingerprint density at radius 3 is 2.55 bits per heavy atom. The van der Waals surface area contributed by atoms with Gasteiger partial charge in [0.05, 0.1) is 17.7 Å². The van der Waals surface area contributed by atoms with Crippen LogP contribution in [-0.4, -0.2) is 45.9 Å². The molecule has 6 nitrogen and oxygen atoms in total. The van der Waals surface area contributed by atoms with Crippen molar-refractivity contribution in [1.82, 2.24) is 14.7 Å². The van der Waals surface area contributed by atoms with Crippen LogP contribution < -0.4 is 5.43 Å². The highest BCUT2D eigenvalue weighted by Gasteiger charge is 2.29. The molecule has 1 aromatic heterocycles. The van der Waals surface area contributed by atoms with Crippen LogP contribution in [0.1, 0.15) is 24.3 Å². The van der Waals surface area contributed by atoms with Crippen molar-refractivity contribution < 1.29 is 9.53 Å². The van der Waals surface area contributed by atoms with Crippen molar-refractivity contribution in [2.24, 2.45) is 7.05 Å². The highest BCUT2D eigenvalue weighted by Crippen LogP contribution is 2.14. The van der Waals surface area contributed by atoms with Crippen LogP contribution in [0.3, 0.4) is 0 Å². The normalized spacial score (nSPS) is 22.0. The van der Waals surface area contributed by atoms with Crippen LogP contribution in [0.25, 0.3) is 10.9 Å². The Morgan fingerprint density at radius 1 is 1.23 bits per heavy atom. The molecule has 1 aromatic carbocycles. The number of benzene rings is 1. The molecule has 0 aliphatic carbocycles. The van der Waals surface area contributed by atoms with Crippen molar-refractivity contribution in [3.05, 3.63) is 40.2 Å². The number of para-hydroxylation sites is 1. The SMILES string of the molecule is CC1CN(C(=O)c2nn(C)c3ccccc3c2=O)CC(C)O1. The summed E-state index contributed by atoms with van der Waals surface area (Å²) in [5.41, 5.74) is 0.376. The molecule has 1 aliphatic rings. The molecule has 2 unspecified atom stereocenters. The van der Waals surface area contributed by atoms with Crippen LogP contribution in [-0.2, 0) is 11.8 Å². The first-order chi connectivity index (χ1) is 10.5. The number of morpholine rings is 1. The maximum Gasteiger partial charge on any atom is 0.278 e. The monoisotopic (exact) mass is 301 g/mol. The molecular formula is C16H19N3O3. The first-order valence-corrected chi connectivity index (χ1v) is 7.38. The van der Waals surface area contributed by atoms with E-state index in [9.17, 15) is 9.59 Å². The summed E-state index contributed by atoms with van der Waals surface area (Å²) >= 11 is 0. The molecule has 0 spiro atoms. The zero-order valence-corrected chi connectivity index (χ0v) is 12.9. The summed E-state index contributed by atoms with van der Waals surface area (Å²) in [5.74, 6) is -0.326. The van der Waals surface area contributed by atoms with E-state index in [2.05, 4.69) is 5.10 Å². The van der Waals surface area contributed by atoms with Crippen LogP contribution in [0.2, 0.25) is 0 Å². The highest BCUT2D eigenvalue weighted by molar-refractivity contribution is 5.95. The van der Waals surface area contributed by atoms with Gasteiger partial charge in [0.2, 0.25) is 5.43 Å².